The predicted octanol–water partition coefficient (Wildman–Crippen LogP) is 18.7. The Hall–Kier alpha value is -17.1. The number of carbonyl (C=O) groups is 8. The van der Waals surface area contributed by atoms with Crippen LogP contribution in [0.25, 0.3) is 0 Å². The van der Waals surface area contributed by atoms with Crippen LogP contribution < -0.4 is 0 Å². The SMILES string of the molecule is CCOC(=O)c1cc(C#Cc2ccc(C#Cc3ccc(C(c4ccc(C#Cc5ccc(C#Cc6cc(C(=O)OCC)cc(C(=O)OCC)c6)cc5)cc4)(c4ccc(C#Cc5ccc(C#Cc6cc(C(=O)OCC)cc(C(=O)OCC)c6)cc5)cc4)c4ccc(C#Cc5ccc(C#Cc6cc(C(=O)OCC)cc(C(=O)OCC)c6)cc5)cc4)cc3)cc2)cc(C(=O)OCC)c1. The Morgan fingerprint density at radius 1 is 0.163 bits per heavy atom. The molecule has 0 fully saturated rings. The molecule has 0 saturated carbocycles. The highest BCUT2D eigenvalue weighted by Gasteiger charge is 2.39. The van der Waals surface area contributed by atoms with E-state index in [0.29, 0.717) is 44.5 Å². The molecule has 0 aliphatic carbocycles. The molecule has 12 aromatic rings. The first-order valence-corrected chi connectivity index (χ1v) is 41.7. The second-order valence-electron chi connectivity index (χ2n) is 28.3. The van der Waals surface area contributed by atoms with Gasteiger partial charge in [0.25, 0.3) is 0 Å². The van der Waals surface area contributed by atoms with Gasteiger partial charge in [0.15, 0.2) is 0 Å². The standard InChI is InChI=1S/C113H84O16/c1-9-122-105(114)93-65-89(66-94(73-93)106(115)123-10-2)45-41-81-25-17-77(18-26-81)33-37-85-49-57-101(58-50-85)113(102-59-51-86(52-60-102)38-34-78-19-27-82(28-20-78)42-46-90-67-95(107(116)124-11-3)74-96(68-90)108(117)125-12-4,103-61-53-87(54-62-103)39-35-79-21-29-83(30-22-79)43-47-91-69-97(109(118)126-13-5)75-98(70-91)110(119)127-14-6)104-63-55-88(56-64-104)40-36-80-23-31-84(32-24-80)44-48-92-71-99(111(120)128-15-7)76-100(72-92)112(121)129-16-8/h17-32,49-76H,9-16H2,1-8H3. The van der Waals surface area contributed by atoms with Crippen LogP contribution in [0.15, 0.2) is 267 Å². The van der Waals surface area contributed by atoms with E-state index in [1.165, 1.54) is 24.3 Å². The average molecular weight is 1700 g/mol. The monoisotopic (exact) mass is 1700 g/mol. The molecule has 0 aliphatic heterocycles. The van der Waals surface area contributed by atoms with Crippen LogP contribution >= 0.6 is 0 Å². The fourth-order valence-electron chi connectivity index (χ4n) is 13.4. The minimum absolute atomic E-state index is 0.157. The van der Waals surface area contributed by atoms with E-state index in [1.54, 1.807) is 104 Å². The van der Waals surface area contributed by atoms with Gasteiger partial charge < -0.3 is 37.9 Å². The molecule has 0 heterocycles. The molecule has 12 rings (SSSR count). The number of hydrogen-bond acceptors (Lipinski definition) is 16. The van der Waals surface area contributed by atoms with Crippen LogP contribution in [0.4, 0.5) is 0 Å². The fourth-order valence-corrected chi connectivity index (χ4v) is 13.4. The Morgan fingerprint density at radius 3 is 0.372 bits per heavy atom. The molecule has 129 heavy (non-hydrogen) atoms. The molecule has 0 spiro atoms. The van der Waals surface area contributed by atoms with Gasteiger partial charge >= 0.3 is 47.8 Å². The van der Waals surface area contributed by atoms with Crippen molar-refractivity contribution >= 4 is 47.8 Å². The number of ether oxygens (including phenoxy) is 8. The van der Waals surface area contributed by atoms with E-state index < -0.39 is 53.2 Å². The van der Waals surface area contributed by atoms with Crippen molar-refractivity contribution in [3.05, 3.63) is 423 Å². The van der Waals surface area contributed by atoms with E-state index >= 15 is 0 Å². The zero-order valence-corrected chi connectivity index (χ0v) is 72.1. The Kier molecular flexibility index (Phi) is 31.6. The van der Waals surface area contributed by atoms with E-state index in [4.69, 9.17) is 37.9 Å². The summed E-state index contributed by atoms with van der Waals surface area (Å²) in [5.74, 6) is 47.0. The molecule has 632 valence electrons. The molecule has 16 heteroatoms. The lowest BCUT2D eigenvalue weighted by Crippen LogP contribution is -2.31. The molecule has 0 unspecified atom stereocenters. The maximum absolute atomic E-state index is 12.8. The molecule has 0 amide bonds. The van der Waals surface area contributed by atoms with Crippen molar-refractivity contribution in [2.75, 3.05) is 52.9 Å². The van der Waals surface area contributed by atoms with Gasteiger partial charge in [0.1, 0.15) is 0 Å². The van der Waals surface area contributed by atoms with Gasteiger partial charge in [-0.15, -0.1) is 0 Å². The van der Waals surface area contributed by atoms with Gasteiger partial charge in [-0.25, -0.2) is 38.4 Å². The van der Waals surface area contributed by atoms with Crippen LogP contribution in [-0.4, -0.2) is 101 Å². The number of benzene rings is 12. The molecular weight excluding hydrogens is 1610 g/mol. The quantitative estimate of drug-likeness (QED) is 0.0300. The topological polar surface area (TPSA) is 210 Å². The summed E-state index contributed by atoms with van der Waals surface area (Å²) in [6.45, 7) is 14.9. The molecule has 12 aromatic carbocycles. The van der Waals surface area contributed by atoms with E-state index in [1.807, 2.05) is 146 Å². The van der Waals surface area contributed by atoms with Gasteiger partial charge in [-0.3, -0.25) is 0 Å². The van der Waals surface area contributed by atoms with Gasteiger partial charge in [-0.1, -0.05) is 143 Å². The third-order valence-corrected chi connectivity index (χ3v) is 19.4. The van der Waals surface area contributed by atoms with E-state index in [2.05, 4.69) is 143 Å². The highest BCUT2D eigenvalue weighted by Crippen LogP contribution is 2.46. The van der Waals surface area contributed by atoms with E-state index in [-0.39, 0.29) is 97.4 Å². The van der Waals surface area contributed by atoms with Crippen molar-refractivity contribution in [1.29, 1.82) is 0 Å². The smallest absolute Gasteiger partial charge is 0.338 e. The second-order valence-corrected chi connectivity index (χ2v) is 28.3. The average Bonchev–Trinajstić information content (AvgIpc) is 0.729. The largest absolute Gasteiger partial charge is 0.462 e. The number of hydrogen-bond donors (Lipinski definition) is 0. The van der Waals surface area contributed by atoms with Crippen LogP contribution in [0.5, 0.6) is 0 Å². The Balaban J connectivity index is 0.904. The summed E-state index contributed by atoms with van der Waals surface area (Å²) in [7, 11) is 0. The van der Waals surface area contributed by atoms with Crippen LogP contribution in [0.2, 0.25) is 0 Å². The molecule has 0 aliphatic rings. The highest BCUT2D eigenvalue weighted by atomic mass is 16.6. The van der Waals surface area contributed by atoms with Crippen molar-refractivity contribution in [3.63, 3.8) is 0 Å². The van der Waals surface area contributed by atoms with Gasteiger partial charge in [-0.2, -0.15) is 0 Å². The first kappa shape index (κ1) is 91.1. The summed E-state index contributed by atoms with van der Waals surface area (Å²) in [6.07, 6.45) is 0. The first-order chi connectivity index (χ1) is 62.8. The van der Waals surface area contributed by atoms with Crippen molar-refractivity contribution in [3.8, 4) is 94.7 Å². The molecule has 0 atom stereocenters. The van der Waals surface area contributed by atoms with Crippen LogP contribution in [0.3, 0.4) is 0 Å². The lowest BCUT2D eigenvalue weighted by Gasteiger charge is -2.37. The van der Waals surface area contributed by atoms with Crippen LogP contribution in [0, 0.1) is 94.7 Å². The Morgan fingerprint density at radius 2 is 0.264 bits per heavy atom. The molecule has 0 aromatic heterocycles. The van der Waals surface area contributed by atoms with Gasteiger partial charge in [0.05, 0.1) is 103 Å². The van der Waals surface area contributed by atoms with Crippen LogP contribution in [0.1, 0.15) is 250 Å². The Bertz CT molecular complexity index is 5830. The third-order valence-electron chi connectivity index (χ3n) is 19.4. The zero-order chi connectivity index (χ0) is 91.0. The summed E-state index contributed by atoms with van der Waals surface area (Å²) >= 11 is 0. The summed E-state index contributed by atoms with van der Waals surface area (Å²) < 4.78 is 41.8. The number of esters is 8. The van der Waals surface area contributed by atoms with E-state index in [0.717, 1.165) is 66.8 Å². The second kappa shape index (κ2) is 44.8. The van der Waals surface area contributed by atoms with Crippen molar-refractivity contribution in [1.82, 2.24) is 0 Å². The minimum Gasteiger partial charge on any atom is -0.462 e. The van der Waals surface area contributed by atoms with Crippen molar-refractivity contribution in [2.24, 2.45) is 0 Å². The molecule has 0 N–H and O–H groups in total. The normalized spacial score (nSPS) is 10.2. The minimum atomic E-state index is -1.04. The molecule has 16 nitrogen and oxygen atoms in total. The lowest BCUT2D eigenvalue weighted by atomic mass is 9.65. The highest BCUT2D eigenvalue weighted by molar-refractivity contribution is 5.99. The molecule has 0 saturated heterocycles. The summed E-state index contributed by atoms with van der Waals surface area (Å²) in [5.41, 5.74) is 14.3. The first-order valence-electron chi connectivity index (χ1n) is 41.7. The molecule has 0 bridgehead atoms. The van der Waals surface area contributed by atoms with Gasteiger partial charge in [0, 0.05) is 89.0 Å². The summed E-state index contributed by atoms with van der Waals surface area (Å²) in [6, 6.07) is 80.8. The third kappa shape index (κ3) is 24.7. The maximum Gasteiger partial charge on any atom is 0.338 e. The number of carbonyl (C=O) groups excluding carboxylic acids is 8. The van der Waals surface area contributed by atoms with Gasteiger partial charge in [0.2, 0.25) is 0 Å². The molecule has 0 radical (unpaired) electrons. The van der Waals surface area contributed by atoms with Crippen molar-refractivity contribution in [2.45, 2.75) is 60.8 Å². The summed E-state index contributed by atoms with van der Waals surface area (Å²) in [4.78, 5) is 102. The van der Waals surface area contributed by atoms with Gasteiger partial charge in [-0.05, 0) is 296 Å². The lowest BCUT2D eigenvalue weighted by molar-refractivity contribution is 0.0506. The molecular formula is C113H84O16. The van der Waals surface area contributed by atoms with E-state index in [9.17, 15) is 38.4 Å². The van der Waals surface area contributed by atoms with Crippen molar-refractivity contribution < 1.29 is 76.3 Å². The zero-order valence-electron chi connectivity index (χ0n) is 72.1. The van der Waals surface area contributed by atoms with Crippen LogP contribution in [-0.2, 0) is 43.3 Å². The Labute approximate surface area is 750 Å². The summed E-state index contributed by atoms with van der Waals surface area (Å²) in [5, 5.41) is 0. The number of rotatable bonds is 20. The predicted molar refractivity (Wildman–Crippen MR) is 492 cm³/mol. The fraction of sp³-hybridized carbons (Fsp3) is 0.150. The maximum atomic E-state index is 12.8.